The van der Waals surface area contributed by atoms with Gasteiger partial charge in [-0.1, -0.05) is 50.0 Å². The minimum absolute atomic E-state index is 0.235. The average Bonchev–Trinajstić information content (AvgIpc) is 2.76. The van der Waals surface area contributed by atoms with Crippen molar-refractivity contribution in [3.8, 4) is 0 Å². The second kappa shape index (κ2) is 14.7. The lowest BCUT2D eigenvalue weighted by Crippen LogP contribution is -2.44. The van der Waals surface area contributed by atoms with Crippen molar-refractivity contribution in [1.82, 2.24) is 10.4 Å². The molecule has 1 aromatic carbocycles. The van der Waals surface area contributed by atoms with E-state index in [4.69, 9.17) is 14.3 Å². The number of carbonyl (C=O) groups is 3. The molecule has 1 rings (SSSR count). The van der Waals surface area contributed by atoms with Gasteiger partial charge in [-0.05, 0) is 57.7 Å². The van der Waals surface area contributed by atoms with Gasteiger partial charge in [0.2, 0.25) is 0 Å². The van der Waals surface area contributed by atoms with Crippen LogP contribution in [0.2, 0.25) is 25.7 Å². The Hall–Kier alpha value is -2.65. The van der Waals surface area contributed by atoms with Gasteiger partial charge in [0.1, 0.15) is 11.6 Å². The van der Waals surface area contributed by atoms with Crippen LogP contribution in [0.5, 0.6) is 0 Å². The smallest absolute Gasteiger partial charge is 0.408 e. The van der Waals surface area contributed by atoms with Crippen molar-refractivity contribution in [3.63, 3.8) is 0 Å². The van der Waals surface area contributed by atoms with Gasteiger partial charge < -0.3 is 14.8 Å². The van der Waals surface area contributed by atoms with E-state index in [1.807, 2.05) is 30.3 Å². The first-order valence-electron chi connectivity index (χ1n) is 12.1. The number of ether oxygens (including phenoxy) is 2. The molecule has 1 N–H and O–H groups in total. The van der Waals surface area contributed by atoms with Crippen LogP contribution in [0.15, 0.2) is 36.4 Å². The maximum Gasteiger partial charge on any atom is 0.408 e. The topological polar surface area (TPSA) is 94.2 Å². The Morgan fingerprint density at radius 1 is 1.09 bits per heavy atom. The Labute approximate surface area is 211 Å². The number of nitrogens with one attached hydrogen (secondary N) is 1. The van der Waals surface area contributed by atoms with Crippen LogP contribution in [0.1, 0.15) is 45.6 Å². The normalized spacial score (nSPS) is 12.8. The molecule has 2 amide bonds. The van der Waals surface area contributed by atoms with E-state index in [1.54, 1.807) is 26.8 Å². The summed E-state index contributed by atoms with van der Waals surface area (Å²) in [6, 6.07) is 9.69. The quantitative estimate of drug-likeness (QED) is 0.132. The molecule has 0 fully saturated rings. The zero-order valence-electron chi connectivity index (χ0n) is 22.3. The number of nitrogens with zero attached hydrogens (tertiary/aromatic N) is 1. The van der Waals surface area contributed by atoms with Crippen LogP contribution in [-0.2, 0) is 23.9 Å². The first kappa shape index (κ1) is 30.4. The number of hydrogen-bond donors (Lipinski definition) is 1. The van der Waals surface area contributed by atoms with Crippen molar-refractivity contribution >= 4 is 32.1 Å². The first-order chi connectivity index (χ1) is 16.3. The van der Waals surface area contributed by atoms with E-state index in [0.717, 1.165) is 11.6 Å². The van der Waals surface area contributed by atoms with Crippen molar-refractivity contribution in [2.75, 3.05) is 20.3 Å². The first-order valence-corrected chi connectivity index (χ1v) is 15.8. The van der Waals surface area contributed by atoms with E-state index < -0.39 is 31.8 Å². The number of benzene rings is 1. The Balaban J connectivity index is 2.70. The number of methoxy groups -OCH3 is 1. The molecule has 0 aromatic heterocycles. The van der Waals surface area contributed by atoms with Crippen LogP contribution in [0, 0.1) is 0 Å². The summed E-state index contributed by atoms with van der Waals surface area (Å²) in [6.45, 7) is 12.8. The third-order valence-electron chi connectivity index (χ3n) is 4.84. The van der Waals surface area contributed by atoms with Gasteiger partial charge >= 0.3 is 12.1 Å². The fourth-order valence-corrected chi connectivity index (χ4v) is 3.66. The number of alkyl carbamates (subject to hydrolysis) is 1. The van der Waals surface area contributed by atoms with E-state index in [9.17, 15) is 14.4 Å². The van der Waals surface area contributed by atoms with Crippen molar-refractivity contribution in [1.29, 1.82) is 0 Å². The van der Waals surface area contributed by atoms with Gasteiger partial charge in [0.15, 0.2) is 0 Å². The fourth-order valence-electron chi connectivity index (χ4n) is 2.96. The molecule has 35 heavy (non-hydrogen) atoms. The summed E-state index contributed by atoms with van der Waals surface area (Å²) in [4.78, 5) is 42.9. The molecule has 0 aliphatic rings. The SMILES string of the molecule is COC(=O)[C@@H](CCCCN(OCC[Si](C)(C)C)C(=O)/C=C/c1ccccc1)NC(=O)OC(C)(C)C. The summed E-state index contributed by atoms with van der Waals surface area (Å²) in [5, 5.41) is 3.95. The number of hydroxylamine groups is 2. The molecule has 0 bridgehead atoms. The van der Waals surface area contributed by atoms with E-state index in [-0.39, 0.29) is 5.91 Å². The van der Waals surface area contributed by atoms with Gasteiger partial charge in [0.25, 0.3) is 5.91 Å². The molecule has 0 spiro atoms. The standard InChI is InChI=1S/C26H42N2O6Si/c1-26(2,3)34-25(31)27-22(24(30)32-4)15-11-12-18-28(33-19-20-35(5,6)7)23(29)17-16-21-13-9-8-10-14-21/h8-10,13-14,16-17,22H,11-12,15,18-20H2,1-7H3,(H,27,31)/b17-16+/t22-/m1/s1. The monoisotopic (exact) mass is 506 g/mol. The Morgan fingerprint density at radius 2 is 1.74 bits per heavy atom. The molecule has 9 heteroatoms. The van der Waals surface area contributed by atoms with Gasteiger partial charge in [-0.15, -0.1) is 0 Å². The van der Waals surface area contributed by atoms with Crippen LogP contribution in [-0.4, -0.2) is 63.0 Å². The summed E-state index contributed by atoms with van der Waals surface area (Å²) in [7, 11) is -0.0415. The second-order valence-corrected chi connectivity index (χ2v) is 16.2. The highest BCUT2D eigenvalue weighted by molar-refractivity contribution is 6.76. The van der Waals surface area contributed by atoms with Crippen LogP contribution in [0.3, 0.4) is 0 Å². The average molecular weight is 507 g/mol. The minimum Gasteiger partial charge on any atom is -0.467 e. The van der Waals surface area contributed by atoms with Crippen LogP contribution >= 0.6 is 0 Å². The molecule has 8 nitrogen and oxygen atoms in total. The van der Waals surface area contributed by atoms with Crippen molar-refractivity contribution in [2.24, 2.45) is 0 Å². The summed E-state index contributed by atoms with van der Waals surface area (Å²) in [5.74, 6) is -0.776. The zero-order chi connectivity index (χ0) is 26.5. The third kappa shape index (κ3) is 14.4. The Morgan fingerprint density at radius 3 is 2.31 bits per heavy atom. The molecular weight excluding hydrogens is 464 g/mol. The number of rotatable bonds is 13. The summed E-state index contributed by atoms with van der Waals surface area (Å²) >= 11 is 0. The highest BCUT2D eigenvalue weighted by Gasteiger charge is 2.25. The summed E-state index contributed by atoms with van der Waals surface area (Å²) in [5.41, 5.74) is 0.253. The molecule has 0 saturated heterocycles. The van der Waals surface area contributed by atoms with Crippen molar-refractivity contribution in [2.45, 2.75) is 77.4 Å². The van der Waals surface area contributed by atoms with Gasteiger partial charge in [-0.2, -0.15) is 0 Å². The molecule has 1 aromatic rings. The zero-order valence-corrected chi connectivity index (χ0v) is 23.3. The van der Waals surface area contributed by atoms with Crippen molar-refractivity contribution < 1.29 is 28.7 Å². The Kier molecular flexibility index (Phi) is 12.7. The number of hydrogen-bond acceptors (Lipinski definition) is 6. The number of esters is 1. The molecule has 0 heterocycles. The third-order valence-corrected chi connectivity index (χ3v) is 6.55. The molecular formula is C26H42N2O6Si. The molecule has 0 aliphatic heterocycles. The minimum atomic E-state index is -1.32. The number of unbranched alkanes of at least 4 members (excludes halogenated alkanes) is 1. The van der Waals surface area contributed by atoms with Crippen molar-refractivity contribution in [3.05, 3.63) is 42.0 Å². The Bertz CT molecular complexity index is 830. The van der Waals surface area contributed by atoms with E-state index in [1.165, 1.54) is 18.2 Å². The van der Waals surface area contributed by atoms with Gasteiger partial charge in [0, 0.05) is 20.7 Å². The second-order valence-electron chi connectivity index (χ2n) is 10.5. The number of amides is 2. The predicted octanol–water partition coefficient (Wildman–Crippen LogP) is 5.03. The molecule has 1 atom stereocenters. The molecule has 0 radical (unpaired) electrons. The van der Waals surface area contributed by atoms with Crippen LogP contribution < -0.4 is 5.32 Å². The molecule has 196 valence electrons. The lowest BCUT2D eigenvalue weighted by atomic mass is 10.1. The van der Waals surface area contributed by atoms with Crippen LogP contribution in [0.25, 0.3) is 6.08 Å². The predicted molar refractivity (Wildman–Crippen MR) is 140 cm³/mol. The lowest BCUT2D eigenvalue weighted by molar-refractivity contribution is -0.179. The summed E-state index contributed by atoms with van der Waals surface area (Å²) in [6.07, 6.45) is 4.09. The fraction of sp³-hybridized carbons (Fsp3) is 0.577. The van der Waals surface area contributed by atoms with Gasteiger partial charge in [-0.25, -0.2) is 14.7 Å². The van der Waals surface area contributed by atoms with E-state index in [2.05, 4.69) is 25.0 Å². The van der Waals surface area contributed by atoms with Gasteiger partial charge in [0.05, 0.1) is 13.7 Å². The number of carbonyl (C=O) groups excluding carboxylic acids is 3. The van der Waals surface area contributed by atoms with Crippen LogP contribution in [0.4, 0.5) is 4.79 Å². The molecule has 0 saturated carbocycles. The highest BCUT2D eigenvalue weighted by atomic mass is 28.3. The highest BCUT2D eigenvalue weighted by Crippen LogP contribution is 2.12. The van der Waals surface area contributed by atoms with E-state index >= 15 is 0 Å². The largest absolute Gasteiger partial charge is 0.467 e. The maximum atomic E-state index is 12.8. The maximum absolute atomic E-state index is 12.8. The van der Waals surface area contributed by atoms with Gasteiger partial charge in [-0.3, -0.25) is 9.63 Å². The lowest BCUT2D eigenvalue weighted by Gasteiger charge is -2.24. The molecule has 0 unspecified atom stereocenters. The molecule has 0 aliphatic carbocycles. The van der Waals surface area contributed by atoms with E-state index in [0.29, 0.717) is 32.4 Å². The summed E-state index contributed by atoms with van der Waals surface area (Å²) < 4.78 is 10.1.